The maximum absolute atomic E-state index is 13.4. The molecule has 1 N–H and O–H groups in total. The highest BCUT2D eigenvalue weighted by atomic mass is 32.2. The Bertz CT molecular complexity index is 1400. The van der Waals surface area contributed by atoms with E-state index in [0.29, 0.717) is 44.7 Å². The molecule has 1 aliphatic rings. The zero-order valence-electron chi connectivity index (χ0n) is 17.7. The predicted molar refractivity (Wildman–Crippen MR) is 122 cm³/mol. The van der Waals surface area contributed by atoms with Gasteiger partial charge < -0.3 is 4.57 Å². The summed E-state index contributed by atoms with van der Waals surface area (Å²) in [5.41, 5.74) is 0.782. The summed E-state index contributed by atoms with van der Waals surface area (Å²) in [4.78, 5) is 35.5. The molecule has 0 aromatic carbocycles. The van der Waals surface area contributed by atoms with Crippen LogP contribution in [0.15, 0.2) is 45.3 Å². The fourth-order valence-electron chi connectivity index (χ4n) is 4.65. The minimum atomic E-state index is -0.287. The van der Waals surface area contributed by atoms with Gasteiger partial charge in [0.1, 0.15) is 0 Å². The quantitative estimate of drug-likeness (QED) is 0.390. The Morgan fingerprint density at radius 3 is 2.52 bits per heavy atom. The zero-order valence-corrected chi connectivity index (χ0v) is 18.5. The standard InChI is InChI=1S/C22H24N6O2S/c1-12-5-4-6-18(13(12)2)27-9-7-16-14(19(27)29)11-15-17(23-16)8-10-28(20(15)30)21-24-22(31-3)26-25-21/h7-13,18H,4-6H2,1-3H3,(H,24,25,26)/t12-,13-,18+/m0/s1. The largest absolute Gasteiger partial charge is 0.312 e. The van der Waals surface area contributed by atoms with Crippen LogP contribution in [0.5, 0.6) is 0 Å². The van der Waals surface area contributed by atoms with Gasteiger partial charge in [-0.1, -0.05) is 38.5 Å². The summed E-state index contributed by atoms with van der Waals surface area (Å²) in [5.74, 6) is 1.34. The van der Waals surface area contributed by atoms with E-state index in [2.05, 4.69) is 34.0 Å². The van der Waals surface area contributed by atoms with Gasteiger partial charge in [0, 0.05) is 18.4 Å². The Morgan fingerprint density at radius 2 is 1.77 bits per heavy atom. The summed E-state index contributed by atoms with van der Waals surface area (Å²) in [6.07, 6.45) is 8.67. The molecule has 9 heteroatoms. The zero-order chi connectivity index (χ0) is 21.7. The number of fused-ring (bicyclic) bond motifs is 2. The van der Waals surface area contributed by atoms with Crippen molar-refractivity contribution in [2.24, 2.45) is 11.8 Å². The number of aromatic amines is 1. The highest BCUT2D eigenvalue weighted by Gasteiger charge is 2.29. The topological polar surface area (TPSA) is 98.5 Å². The van der Waals surface area contributed by atoms with Gasteiger partial charge in [0.05, 0.1) is 21.8 Å². The van der Waals surface area contributed by atoms with E-state index in [-0.39, 0.29) is 17.2 Å². The van der Waals surface area contributed by atoms with E-state index in [4.69, 9.17) is 0 Å². The third-order valence-corrected chi connectivity index (χ3v) is 7.20. The van der Waals surface area contributed by atoms with Crippen molar-refractivity contribution in [1.82, 2.24) is 29.3 Å². The summed E-state index contributed by atoms with van der Waals surface area (Å²) in [6.45, 7) is 4.48. The summed E-state index contributed by atoms with van der Waals surface area (Å²) in [6, 6.07) is 5.49. The highest BCUT2D eigenvalue weighted by molar-refractivity contribution is 7.98. The molecule has 0 bridgehead atoms. The van der Waals surface area contributed by atoms with Crippen LogP contribution in [0.3, 0.4) is 0 Å². The van der Waals surface area contributed by atoms with Crippen molar-refractivity contribution in [2.75, 3.05) is 6.26 Å². The van der Waals surface area contributed by atoms with Crippen molar-refractivity contribution in [1.29, 1.82) is 0 Å². The lowest BCUT2D eigenvalue weighted by Crippen LogP contribution is -2.33. The second-order valence-corrected chi connectivity index (χ2v) is 9.13. The second-order valence-electron chi connectivity index (χ2n) is 8.35. The normalized spacial score (nSPS) is 21.7. The van der Waals surface area contributed by atoms with Gasteiger partial charge in [0.25, 0.3) is 11.1 Å². The molecule has 160 valence electrons. The van der Waals surface area contributed by atoms with Crippen molar-refractivity contribution < 1.29 is 0 Å². The van der Waals surface area contributed by atoms with E-state index in [1.165, 1.54) is 22.7 Å². The number of nitrogens with zero attached hydrogens (tertiary/aromatic N) is 5. The number of nitrogens with one attached hydrogen (secondary N) is 1. The Balaban J connectivity index is 1.68. The molecule has 4 aromatic heterocycles. The third-order valence-electron chi connectivity index (χ3n) is 6.66. The molecule has 4 heterocycles. The summed E-state index contributed by atoms with van der Waals surface area (Å²) < 4.78 is 3.24. The number of rotatable bonds is 3. The molecule has 0 unspecified atom stereocenters. The Hall–Kier alpha value is -2.94. The van der Waals surface area contributed by atoms with E-state index in [0.717, 1.165) is 12.8 Å². The number of H-pyrrole nitrogens is 1. The summed E-state index contributed by atoms with van der Waals surface area (Å²) in [7, 11) is 0. The fourth-order valence-corrected chi connectivity index (χ4v) is 4.97. The van der Waals surface area contributed by atoms with E-state index in [9.17, 15) is 9.59 Å². The van der Waals surface area contributed by atoms with Crippen LogP contribution in [0.25, 0.3) is 27.8 Å². The first-order valence-electron chi connectivity index (χ1n) is 10.5. The molecule has 3 atom stereocenters. The SMILES string of the molecule is CSc1n[nH]c(-n2ccc3nc4ccn([C@@H]5CCC[C@H](C)[C@@H]5C)c(=O)c4cc3c2=O)n1. The maximum atomic E-state index is 13.4. The van der Waals surface area contributed by atoms with Gasteiger partial charge in [-0.15, -0.1) is 5.10 Å². The number of pyridine rings is 3. The van der Waals surface area contributed by atoms with Gasteiger partial charge in [-0.3, -0.25) is 14.2 Å². The van der Waals surface area contributed by atoms with E-state index >= 15 is 0 Å². The average molecular weight is 437 g/mol. The first kappa shape index (κ1) is 20.0. The predicted octanol–water partition coefficient (Wildman–Crippen LogP) is 3.54. The van der Waals surface area contributed by atoms with Gasteiger partial charge in [0.2, 0.25) is 11.1 Å². The molecule has 1 fully saturated rings. The molecule has 5 rings (SSSR count). The van der Waals surface area contributed by atoms with Crippen LogP contribution in [-0.2, 0) is 0 Å². The highest BCUT2D eigenvalue weighted by Crippen LogP contribution is 2.37. The van der Waals surface area contributed by atoms with E-state index in [1.54, 1.807) is 18.3 Å². The number of hydrogen-bond acceptors (Lipinski definition) is 6. The van der Waals surface area contributed by atoms with Crippen LogP contribution < -0.4 is 11.1 Å². The van der Waals surface area contributed by atoms with E-state index < -0.39 is 0 Å². The van der Waals surface area contributed by atoms with Gasteiger partial charge in [0.15, 0.2) is 0 Å². The van der Waals surface area contributed by atoms with Crippen molar-refractivity contribution in [2.45, 2.75) is 44.3 Å². The number of aromatic nitrogens is 6. The lowest BCUT2D eigenvalue weighted by Gasteiger charge is -2.35. The molecule has 0 aliphatic heterocycles. The van der Waals surface area contributed by atoms with Gasteiger partial charge in [-0.25, -0.2) is 10.1 Å². The molecule has 1 aliphatic carbocycles. The van der Waals surface area contributed by atoms with Crippen molar-refractivity contribution in [3.8, 4) is 5.95 Å². The molecule has 31 heavy (non-hydrogen) atoms. The maximum Gasteiger partial charge on any atom is 0.266 e. The molecule has 0 radical (unpaired) electrons. The smallest absolute Gasteiger partial charge is 0.266 e. The van der Waals surface area contributed by atoms with Crippen LogP contribution in [0.1, 0.15) is 39.2 Å². The first-order valence-corrected chi connectivity index (χ1v) is 11.7. The molecular weight excluding hydrogens is 412 g/mol. The lowest BCUT2D eigenvalue weighted by atomic mass is 9.78. The van der Waals surface area contributed by atoms with Crippen LogP contribution in [0.2, 0.25) is 0 Å². The molecule has 1 saturated carbocycles. The molecule has 4 aromatic rings. The molecule has 0 spiro atoms. The van der Waals surface area contributed by atoms with Crippen LogP contribution in [-0.4, -0.2) is 35.6 Å². The van der Waals surface area contributed by atoms with Crippen LogP contribution in [0, 0.1) is 11.8 Å². The summed E-state index contributed by atoms with van der Waals surface area (Å²) >= 11 is 1.39. The first-order chi connectivity index (χ1) is 15.0. The van der Waals surface area contributed by atoms with Crippen LogP contribution in [0.4, 0.5) is 0 Å². The van der Waals surface area contributed by atoms with Crippen LogP contribution >= 0.6 is 11.8 Å². The van der Waals surface area contributed by atoms with Crippen molar-refractivity contribution in [3.63, 3.8) is 0 Å². The second kappa shape index (κ2) is 7.64. The van der Waals surface area contributed by atoms with Crippen molar-refractivity contribution >= 4 is 33.6 Å². The minimum Gasteiger partial charge on any atom is -0.312 e. The van der Waals surface area contributed by atoms with E-state index in [1.807, 2.05) is 23.1 Å². The van der Waals surface area contributed by atoms with Gasteiger partial charge in [-0.05, 0) is 42.7 Å². The monoisotopic (exact) mass is 436 g/mol. The number of hydrogen-bond donors (Lipinski definition) is 1. The Morgan fingerprint density at radius 1 is 1.03 bits per heavy atom. The van der Waals surface area contributed by atoms with Gasteiger partial charge >= 0.3 is 0 Å². The molecule has 0 saturated heterocycles. The molecular formula is C22H24N6O2S. The third kappa shape index (κ3) is 3.27. The molecule has 0 amide bonds. The summed E-state index contributed by atoms with van der Waals surface area (Å²) in [5, 5.41) is 8.26. The van der Waals surface area contributed by atoms with Crippen molar-refractivity contribution in [3.05, 3.63) is 51.3 Å². The molecule has 8 nitrogen and oxygen atoms in total. The lowest BCUT2D eigenvalue weighted by molar-refractivity contribution is 0.183. The Labute approximate surface area is 182 Å². The number of thioether (sulfide) groups is 1. The average Bonchev–Trinajstić information content (AvgIpc) is 3.25. The van der Waals surface area contributed by atoms with Gasteiger partial charge in [-0.2, -0.15) is 4.98 Å². The fraction of sp³-hybridized carbons (Fsp3) is 0.409. The minimum absolute atomic E-state index is 0.0861. The Kier molecular flexibility index (Phi) is 4.92.